The van der Waals surface area contributed by atoms with Gasteiger partial charge >= 0.3 is 5.97 Å². The average Bonchev–Trinajstić information content (AvgIpc) is 2.31. The van der Waals surface area contributed by atoms with Crippen LogP contribution >= 0.6 is 0 Å². The van der Waals surface area contributed by atoms with Crippen LogP contribution in [0.25, 0.3) is 0 Å². The maximum Gasteiger partial charge on any atom is 0.308 e. The number of carbonyl (C=O) groups excluding carboxylic acids is 1. The van der Waals surface area contributed by atoms with Gasteiger partial charge in [-0.3, -0.25) is 4.79 Å². The number of aliphatic hydroxyl groups is 2. The molecule has 0 aliphatic heterocycles. The molecule has 1 aromatic carbocycles. The van der Waals surface area contributed by atoms with Crippen LogP contribution in [-0.4, -0.2) is 29.4 Å². The number of esters is 1. The Bertz CT molecular complexity index is 410. The fraction of sp³-hybridized carbons (Fsp3) is 0.364. The van der Waals surface area contributed by atoms with E-state index in [1.165, 1.54) is 6.07 Å². The van der Waals surface area contributed by atoms with E-state index in [2.05, 4.69) is 4.74 Å². The topological polar surface area (TPSA) is 92.8 Å². The zero-order valence-corrected chi connectivity index (χ0v) is 9.26. The molecule has 94 valence electrons. The van der Waals surface area contributed by atoms with E-state index in [-0.39, 0.29) is 11.3 Å². The van der Waals surface area contributed by atoms with Gasteiger partial charge in [-0.05, 0) is 18.2 Å². The van der Waals surface area contributed by atoms with Gasteiger partial charge in [-0.25, -0.2) is 4.39 Å². The van der Waals surface area contributed by atoms with Gasteiger partial charge in [-0.2, -0.15) is 0 Å². The largest absolute Gasteiger partial charge is 0.469 e. The van der Waals surface area contributed by atoms with Crippen molar-refractivity contribution in [2.75, 3.05) is 12.8 Å². The van der Waals surface area contributed by atoms with Crippen molar-refractivity contribution in [1.82, 2.24) is 0 Å². The molecule has 6 heteroatoms. The molecule has 0 amide bonds. The minimum atomic E-state index is -1.44. The first kappa shape index (κ1) is 13.4. The summed E-state index contributed by atoms with van der Waals surface area (Å²) in [6.45, 7) is 0. The molecule has 2 atom stereocenters. The Morgan fingerprint density at radius 2 is 2.18 bits per heavy atom. The summed E-state index contributed by atoms with van der Waals surface area (Å²) < 4.78 is 17.3. The van der Waals surface area contributed by atoms with Crippen LogP contribution in [0.5, 0.6) is 0 Å². The smallest absolute Gasteiger partial charge is 0.308 e. The first-order chi connectivity index (χ1) is 7.95. The van der Waals surface area contributed by atoms with Crippen molar-refractivity contribution in [3.05, 3.63) is 29.6 Å². The lowest BCUT2D eigenvalue weighted by Gasteiger charge is -2.18. The number of rotatable bonds is 4. The summed E-state index contributed by atoms with van der Waals surface area (Å²) in [5.41, 5.74) is 5.72. The number of benzene rings is 1. The first-order valence-corrected chi connectivity index (χ1v) is 4.93. The van der Waals surface area contributed by atoms with E-state index in [1.807, 2.05) is 0 Å². The number of nitrogen functional groups attached to an aromatic ring is 1. The van der Waals surface area contributed by atoms with Gasteiger partial charge in [0.15, 0.2) is 0 Å². The number of hydrogen-bond donors (Lipinski definition) is 3. The van der Waals surface area contributed by atoms with Crippen molar-refractivity contribution in [2.24, 2.45) is 0 Å². The molecule has 17 heavy (non-hydrogen) atoms. The predicted octanol–water partition coefficient (Wildman–Crippen LogP) is 0.365. The summed E-state index contributed by atoms with van der Waals surface area (Å²) >= 11 is 0. The number of aliphatic hydroxyl groups excluding tert-OH is 2. The third-order valence-corrected chi connectivity index (χ3v) is 2.34. The minimum absolute atomic E-state index is 0.0430. The standard InChI is InChI=1S/C11H14FNO4/c1-17-10(15)5-9(14)11(16)7-4-6(12)2-3-8(7)13/h2-4,9,11,14,16H,5,13H2,1H3. The summed E-state index contributed by atoms with van der Waals surface area (Å²) in [7, 11) is 1.16. The van der Waals surface area contributed by atoms with Gasteiger partial charge in [0.05, 0.1) is 19.6 Å². The van der Waals surface area contributed by atoms with Crippen LogP contribution in [-0.2, 0) is 9.53 Å². The zero-order valence-electron chi connectivity index (χ0n) is 9.26. The summed E-state index contributed by atoms with van der Waals surface area (Å²) in [6, 6.07) is 3.43. The van der Waals surface area contributed by atoms with E-state index in [4.69, 9.17) is 5.73 Å². The highest BCUT2D eigenvalue weighted by atomic mass is 19.1. The van der Waals surface area contributed by atoms with Crippen LogP contribution in [0.4, 0.5) is 10.1 Å². The summed E-state index contributed by atoms with van der Waals surface area (Å²) in [5, 5.41) is 19.3. The summed E-state index contributed by atoms with van der Waals surface area (Å²) in [6.07, 6.45) is -3.23. The molecule has 0 radical (unpaired) electrons. The Labute approximate surface area is 97.6 Å². The molecule has 0 saturated heterocycles. The van der Waals surface area contributed by atoms with Crippen LogP contribution in [0.15, 0.2) is 18.2 Å². The predicted molar refractivity (Wildman–Crippen MR) is 58.4 cm³/mol. The van der Waals surface area contributed by atoms with E-state index in [0.717, 1.165) is 19.2 Å². The Morgan fingerprint density at radius 3 is 2.76 bits per heavy atom. The van der Waals surface area contributed by atoms with Gasteiger partial charge in [0.25, 0.3) is 0 Å². The lowest BCUT2D eigenvalue weighted by molar-refractivity contribution is -0.144. The normalized spacial score (nSPS) is 14.1. The molecular weight excluding hydrogens is 229 g/mol. The fourth-order valence-electron chi connectivity index (χ4n) is 1.37. The molecule has 1 aromatic rings. The van der Waals surface area contributed by atoms with Gasteiger partial charge < -0.3 is 20.7 Å². The summed E-state index contributed by atoms with van der Waals surface area (Å²) in [5.74, 6) is -1.26. The second kappa shape index (κ2) is 5.60. The molecule has 5 nitrogen and oxygen atoms in total. The highest BCUT2D eigenvalue weighted by Crippen LogP contribution is 2.25. The molecule has 0 saturated carbocycles. The minimum Gasteiger partial charge on any atom is -0.469 e. The van der Waals surface area contributed by atoms with Gasteiger partial charge in [0, 0.05) is 11.3 Å². The second-order valence-corrected chi connectivity index (χ2v) is 3.57. The van der Waals surface area contributed by atoms with Gasteiger partial charge in [-0.1, -0.05) is 0 Å². The Morgan fingerprint density at radius 1 is 1.53 bits per heavy atom. The van der Waals surface area contributed by atoms with Crippen LogP contribution in [0.3, 0.4) is 0 Å². The first-order valence-electron chi connectivity index (χ1n) is 4.93. The number of carbonyl (C=O) groups is 1. The number of anilines is 1. The van der Waals surface area contributed by atoms with Gasteiger partial charge in [0.2, 0.25) is 0 Å². The van der Waals surface area contributed by atoms with Crippen LogP contribution in [0, 0.1) is 5.82 Å². The Balaban J connectivity index is 2.84. The van der Waals surface area contributed by atoms with Crippen molar-refractivity contribution >= 4 is 11.7 Å². The maximum atomic E-state index is 13.0. The molecule has 0 spiro atoms. The molecule has 0 aliphatic rings. The zero-order chi connectivity index (χ0) is 13.0. The van der Waals surface area contributed by atoms with E-state index in [1.54, 1.807) is 0 Å². The van der Waals surface area contributed by atoms with Crippen LogP contribution in [0.1, 0.15) is 18.1 Å². The molecule has 0 bridgehead atoms. The van der Waals surface area contributed by atoms with E-state index in [0.29, 0.717) is 0 Å². The average molecular weight is 243 g/mol. The fourth-order valence-corrected chi connectivity index (χ4v) is 1.37. The Kier molecular flexibility index (Phi) is 4.42. The SMILES string of the molecule is COC(=O)CC(O)C(O)c1cc(F)ccc1N. The highest BCUT2D eigenvalue weighted by Gasteiger charge is 2.23. The van der Waals surface area contributed by atoms with Gasteiger partial charge in [-0.15, -0.1) is 0 Å². The molecule has 0 heterocycles. The molecule has 4 N–H and O–H groups in total. The Hall–Kier alpha value is -1.66. The molecule has 1 rings (SSSR count). The van der Waals surface area contributed by atoms with Gasteiger partial charge in [0.1, 0.15) is 11.9 Å². The van der Waals surface area contributed by atoms with E-state index >= 15 is 0 Å². The second-order valence-electron chi connectivity index (χ2n) is 3.57. The van der Waals surface area contributed by atoms with Crippen LogP contribution < -0.4 is 5.73 Å². The number of hydrogen-bond acceptors (Lipinski definition) is 5. The molecule has 2 unspecified atom stereocenters. The third-order valence-electron chi connectivity index (χ3n) is 2.34. The lowest BCUT2D eigenvalue weighted by atomic mass is 10.0. The number of ether oxygens (including phenoxy) is 1. The molecule has 0 aromatic heterocycles. The maximum absolute atomic E-state index is 13.0. The highest BCUT2D eigenvalue weighted by molar-refractivity contribution is 5.70. The number of nitrogens with two attached hydrogens (primary N) is 1. The van der Waals surface area contributed by atoms with Crippen molar-refractivity contribution in [1.29, 1.82) is 0 Å². The van der Waals surface area contributed by atoms with Crippen molar-refractivity contribution in [3.8, 4) is 0 Å². The van der Waals surface area contributed by atoms with Crippen molar-refractivity contribution in [2.45, 2.75) is 18.6 Å². The van der Waals surface area contributed by atoms with E-state index in [9.17, 15) is 19.4 Å². The number of halogens is 1. The third kappa shape index (κ3) is 3.40. The van der Waals surface area contributed by atoms with Crippen LogP contribution in [0.2, 0.25) is 0 Å². The molecule has 0 aliphatic carbocycles. The number of methoxy groups -OCH3 is 1. The quantitative estimate of drug-likeness (QED) is 0.524. The van der Waals surface area contributed by atoms with Crippen molar-refractivity contribution in [3.63, 3.8) is 0 Å². The molecular formula is C11H14FNO4. The monoisotopic (exact) mass is 243 g/mol. The lowest BCUT2D eigenvalue weighted by Crippen LogP contribution is -2.23. The summed E-state index contributed by atoms with van der Waals surface area (Å²) in [4.78, 5) is 10.9. The van der Waals surface area contributed by atoms with E-state index < -0.39 is 30.4 Å². The molecule has 0 fully saturated rings. The van der Waals surface area contributed by atoms with Crippen molar-refractivity contribution < 1.29 is 24.1 Å².